The van der Waals surface area contributed by atoms with Crippen LogP contribution in [0.1, 0.15) is 201 Å². The van der Waals surface area contributed by atoms with Crippen molar-refractivity contribution < 1.29 is 28.6 Å². The number of allylic oxidation sites excluding steroid dienone is 16. The molecule has 6 heteroatoms. The van der Waals surface area contributed by atoms with Crippen LogP contribution in [0.4, 0.5) is 0 Å². The lowest BCUT2D eigenvalue weighted by molar-refractivity contribution is -0.167. The third-order valence-electron chi connectivity index (χ3n) is 9.55. The highest BCUT2D eigenvalue weighted by molar-refractivity contribution is 5.71. The van der Waals surface area contributed by atoms with Gasteiger partial charge in [-0.3, -0.25) is 14.4 Å². The Kier molecular flexibility index (Phi) is 44.1. The maximum Gasteiger partial charge on any atom is 0.306 e. The second-order valence-electron chi connectivity index (χ2n) is 15.2. The normalized spacial score (nSPS) is 12.9. The van der Waals surface area contributed by atoms with Crippen molar-refractivity contribution in [1.82, 2.24) is 0 Å². The maximum atomic E-state index is 12.7. The van der Waals surface area contributed by atoms with Gasteiger partial charge in [-0.15, -0.1) is 0 Å². The van der Waals surface area contributed by atoms with Crippen LogP contribution in [0, 0.1) is 0 Å². The van der Waals surface area contributed by atoms with Gasteiger partial charge in [0.15, 0.2) is 6.10 Å². The Balaban J connectivity index is 4.51. The molecule has 1 atom stereocenters. The van der Waals surface area contributed by atoms with Crippen LogP contribution in [-0.2, 0) is 28.6 Å². The van der Waals surface area contributed by atoms with Gasteiger partial charge in [-0.2, -0.15) is 0 Å². The number of ether oxygens (including phenoxy) is 3. The molecule has 334 valence electrons. The van der Waals surface area contributed by atoms with E-state index in [1.807, 2.05) is 0 Å². The van der Waals surface area contributed by atoms with Gasteiger partial charge in [0.25, 0.3) is 0 Å². The highest BCUT2D eigenvalue weighted by Gasteiger charge is 2.19. The zero-order chi connectivity index (χ0) is 43.0. The third kappa shape index (κ3) is 45.3. The Morgan fingerprint density at radius 3 is 1.12 bits per heavy atom. The molecule has 59 heavy (non-hydrogen) atoms. The van der Waals surface area contributed by atoms with Gasteiger partial charge in [-0.25, -0.2) is 0 Å². The van der Waals surface area contributed by atoms with Crippen molar-refractivity contribution in [2.24, 2.45) is 0 Å². The lowest BCUT2D eigenvalue weighted by Gasteiger charge is -2.18. The molecule has 0 aliphatic rings. The summed E-state index contributed by atoms with van der Waals surface area (Å²) in [5.74, 6) is -1.000. The van der Waals surface area contributed by atoms with E-state index >= 15 is 0 Å². The largest absolute Gasteiger partial charge is 0.462 e. The molecule has 6 nitrogen and oxygen atoms in total. The number of hydrogen-bond donors (Lipinski definition) is 0. The van der Waals surface area contributed by atoms with Crippen LogP contribution in [-0.4, -0.2) is 37.2 Å². The number of carbonyl (C=O) groups is 3. The molecule has 0 amide bonds. The Morgan fingerprint density at radius 1 is 0.356 bits per heavy atom. The average Bonchev–Trinajstić information content (AvgIpc) is 3.23. The van der Waals surface area contributed by atoms with Gasteiger partial charge in [-0.1, -0.05) is 169 Å². The van der Waals surface area contributed by atoms with Crippen LogP contribution in [0.15, 0.2) is 97.2 Å². The van der Waals surface area contributed by atoms with E-state index < -0.39 is 6.10 Å². The summed E-state index contributed by atoms with van der Waals surface area (Å²) >= 11 is 0. The Bertz CT molecular complexity index is 1220. The van der Waals surface area contributed by atoms with Crippen LogP contribution in [0.2, 0.25) is 0 Å². The van der Waals surface area contributed by atoms with Crippen molar-refractivity contribution in [2.45, 2.75) is 207 Å². The predicted octanol–water partition coefficient (Wildman–Crippen LogP) is 15.4. The summed E-state index contributed by atoms with van der Waals surface area (Å²) in [4.78, 5) is 37.8. The molecule has 1 unspecified atom stereocenters. The monoisotopic (exact) mass is 819 g/mol. The molecule has 0 aromatic carbocycles. The minimum atomic E-state index is -0.810. The first kappa shape index (κ1) is 55.3. The van der Waals surface area contributed by atoms with Gasteiger partial charge >= 0.3 is 17.9 Å². The molecule has 0 radical (unpaired) electrons. The zero-order valence-electron chi connectivity index (χ0n) is 38.0. The fourth-order valence-electron chi connectivity index (χ4n) is 6.04. The van der Waals surface area contributed by atoms with Gasteiger partial charge in [-0.05, 0) is 109 Å². The van der Waals surface area contributed by atoms with Gasteiger partial charge in [0.05, 0.1) is 0 Å². The minimum absolute atomic E-state index is 0.107. The highest BCUT2D eigenvalue weighted by Crippen LogP contribution is 2.12. The fourth-order valence-corrected chi connectivity index (χ4v) is 6.04. The minimum Gasteiger partial charge on any atom is -0.462 e. The molecule has 0 aliphatic heterocycles. The van der Waals surface area contributed by atoms with Gasteiger partial charge in [0.2, 0.25) is 0 Å². The second-order valence-corrected chi connectivity index (χ2v) is 15.2. The van der Waals surface area contributed by atoms with E-state index in [2.05, 4.69) is 118 Å². The molecule has 0 aromatic rings. The fraction of sp³-hybridized carbons (Fsp3) is 0.642. The van der Waals surface area contributed by atoms with Crippen molar-refractivity contribution in [1.29, 1.82) is 0 Å². The van der Waals surface area contributed by atoms with E-state index in [9.17, 15) is 14.4 Å². The molecule has 0 N–H and O–H groups in total. The molecular formula is C53H86O6. The lowest BCUT2D eigenvalue weighted by Crippen LogP contribution is -2.30. The summed E-state index contributed by atoms with van der Waals surface area (Å²) in [6, 6.07) is 0. The zero-order valence-corrected chi connectivity index (χ0v) is 38.0. The quantitative estimate of drug-likeness (QED) is 0.0265. The van der Waals surface area contributed by atoms with E-state index in [1.165, 1.54) is 32.1 Å². The van der Waals surface area contributed by atoms with Gasteiger partial charge in [0, 0.05) is 19.3 Å². The van der Waals surface area contributed by atoms with E-state index in [-0.39, 0.29) is 37.5 Å². The molecule has 0 rings (SSSR count). The first-order chi connectivity index (χ1) is 29.0. The van der Waals surface area contributed by atoms with Crippen molar-refractivity contribution in [2.75, 3.05) is 13.2 Å². The molecule has 0 fully saturated rings. The highest BCUT2D eigenvalue weighted by atomic mass is 16.6. The SMILES string of the molecule is CC/C=C\C/C=C\C/C=C\C/C=C\C/C=C\CCCC(=O)OCC(COC(=O)CCCCCCC/C=C\CCCCC)OC(=O)CCCCCCC/C=C\C/C=C\CC. The molecule has 0 spiro atoms. The van der Waals surface area contributed by atoms with Crippen LogP contribution in [0.25, 0.3) is 0 Å². The molecule has 0 bridgehead atoms. The van der Waals surface area contributed by atoms with Crippen molar-refractivity contribution in [3.63, 3.8) is 0 Å². The predicted molar refractivity (Wildman–Crippen MR) is 251 cm³/mol. The number of rotatable bonds is 41. The molecular weight excluding hydrogens is 733 g/mol. The summed E-state index contributed by atoms with van der Waals surface area (Å²) in [5.41, 5.74) is 0. The summed E-state index contributed by atoms with van der Waals surface area (Å²) in [6.45, 7) is 6.29. The van der Waals surface area contributed by atoms with Crippen LogP contribution in [0.3, 0.4) is 0 Å². The summed E-state index contributed by atoms with van der Waals surface area (Å²) < 4.78 is 16.7. The van der Waals surface area contributed by atoms with E-state index in [4.69, 9.17) is 14.2 Å². The smallest absolute Gasteiger partial charge is 0.306 e. The maximum absolute atomic E-state index is 12.7. The molecule has 0 saturated heterocycles. The molecule has 0 aromatic heterocycles. The standard InChI is InChI=1S/C53H86O6/c1-4-7-10-13-16-19-22-25-26-27-28-29-32-34-37-40-43-46-52(55)58-49-50(59-53(56)47-44-41-38-35-31-24-21-18-15-12-9-6-3)48-57-51(54)45-42-39-36-33-30-23-20-17-14-11-8-5-2/h7,9-10,12,16-21,25-26,28-29,34,37,50H,4-6,8,11,13-15,22-24,27,30-33,35-36,38-49H2,1-3H3/b10-7-,12-9-,19-16-,20-17-,21-18-,26-25-,29-28-,37-34-. The Hall–Kier alpha value is -3.67. The van der Waals surface area contributed by atoms with Gasteiger partial charge in [0.1, 0.15) is 13.2 Å². The first-order valence-corrected chi connectivity index (χ1v) is 23.7. The van der Waals surface area contributed by atoms with Crippen LogP contribution >= 0.6 is 0 Å². The topological polar surface area (TPSA) is 78.9 Å². The van der Waals surface area contributed by atoms with Gasteiger partial charge < -0.3 is 14.2 Å². The van der Waals surface area contributed by atoms with E-state index in [0.717, 1.165) is 122 Å². The summed E-state index contributed by atoms with van der Waals surface area (Å²) in [5, 5.41) is 0. The number of hydrogen-bond acceptors (Lipinski definition) is 6. The summed E-state index contributed by atoms with van der Waals surface area (Å²) in [7, 11) is 0. The molecule has 0 aliphatic carbocycles. The number of carbonyl (C=O) groups excluding carboxylic acids is 3. The average molecular weight is 819 g/mol. The molecule has 0 saturated carbocycles. The number of unbranched alkanes of at least 4 members (excludes halogenated alkanes) is 14. The summed E-state index contributed by atoms with van der Waals surface area (Å²) in [6.07, 6.45) is 61.1. The number of esters is 3. The first-order valence-electron chi connectivity index (χ1n) is 23.7. The Morgan fingerprint density at radius 2 is 0.678 bits per heavy atom. The van der Waals surface area contributed by atoms with E-state index in [1.54, 1.807) is 0 Å². The Labute approximate surface area is 362 Å². The lowest BCUT2D eigenvalue weighted by atomic mass is 10.1. The molecule has 0 heterocycles. The van der Waals surface area contributed by atoms with Crippen molar-refractivity contribution >= 4 is 17.9 Å². The van der Waals surface area contributed by atoms with Crippen molar-refractivity contribution in [3.05, 3.63) is 97.2 Å². The van der Waals surface area contributed by atoms with Crippen LogP contribution < -0.4 is 0 Å². The van der Waals surface area contributed by atoms with E-state index in [0.29, 0.717) is 19.3 Å². The van der Waals surface area contributed by atoms with Crippen molar-refractivity contribution in [3.8, 4) is 0 Å². The second kappa shape index (κ2) is 47.0. The van der Waals surface area contributed by atoms with Crippen LogP contribution in [0.5, 0.6) is 0 Å². The third-order valence-corrected chi connectivity index (χ3v) is 9.55.